The van der Waals surface area contributed by atoms with Gasteiger partial charge in [-0.3, -0.25) is 9.69 Å². The summed E-state index contributed by atoms with van der Waals surface area (Å²) in [4.78, 5) is 24.0. The minimum atomic E-state index is -0.818. The van der Waals surface area contributed by atoms with Gasteiger partial charge in [-0.15, -0.1) is 4.91 Å². The summed E-state index contributed by atoms with van der Waals surface area (Å²) >= 11 is 0. The van der Waals surface area contributed by atoms with Gasteiger partial charge in [-0.05, 0) is 50.1 Å². The number of aromatic hydroxyl groups is 1. The van der Waals surface area contributed by atoms with Crippen molar-refractivity contribution in [3.63, 3.8) is 0 Å². The largest absolute Gasteiger partial charge is 0.493 e. The molecule has 140 valence electrons. The van der Waals surface area contributed by atoms with Crippen molar-refractivity contribution >= 4 is 5.91 Å². The average molecular weight is 366 g/mol. The zero-order chi connectivity index (χ0) is 19.4. The molecule has 1 amide bonds. The summed E-state index contributed by atoms with van der Waals surface area (Å²) in [6, 6.07) is 6.28. The lowest BCUT2D eigenvalue weighted by atomic mass is 10.1. The van der Waals surface area contributed by atoms with E-state index in [9.17, 15) is 14.8 Å². The van der Waals surface area contributed by atoms with Gasteiger partial charge < -0.3 is 5.11 Å². The molecule has 3 rings (SSSR count). The fourth-order valence-corrected chi connectivity index (χ4v) is 3.25. The molecule has 1 aliphatic heterocycles. The first-order valence-corrected chi connectivity index (χ1v) is 8.85. The summed E-state index contributed by atoms with van der Waals surface area (Å²) in [7, 11) is 0. The maximum absolute atomic E-state index is 11.3. The lowest BCUT2D eigenvalue weighted by Crippen LogP contribution is -2.31. The smallest absolute Gasteiger partial charge is 0.316 e. The second-order valence-corrected chi connectivity index (χ2v) is 6.43. The molecular formula is C20H22N4O3. The van der Waals surface area contributed by atoms with E-state index in [1.54, 1.807) is 12.1 Å². The van der Waals surface area contributed by atoms with Crippen molar-refractivity contribution in [2.24, 2.45) is 5.18 Å². The fraction of sp³-hybridized carbons (Fsp3) is 0.300. The van der Waals surface area contributed by atoms with E-state index in [0.717, 1.165) is 30.8 Å². The Morgan fingerprint density at radius 2 is 2.04 bits per heavy atom. The molecule has 0 fully saturated rings. The quantitative estimate of drug-likeness (QED) is 0.647. The Balaban J connectivity index is 1.82. The van der Waals surface area contributed by atoms with Crippen LogP contribution in [0.25, 0.3) is 5.69 Å². The molecule has 2 heterocycles. The summed E-state index contributed by atoms with van der Waals surface area (Å²) in [5.41, 5.74) is 3.78. The minimum absolute atomic E-state index is 0.122. The van der Waals surface area contributed by atoms with Gasteiger partial charge in [0, 0.05) is 35.9 Å². The number of benzene rings is 1. The molecule has 1 aromatic carbocycles. The minimum Gasteiger partial charge on any atom is -0.493 e. The van der Waals surface area contributed by atoms with Crippen LogP contribution in [0.4, 0.5) is 0 Å². The van der Waals surface area contributed by atoms with Crippen LogP contribution in [0.1, 0.15) is 35.5 Å². The second-order valence-electron chi connectivity index (χ2n) is 6.43. The topological polar surface area (TPSA) is 87.8 Å². The zero-order valence-corrected chi connectivity index (χ0v) is 15.4. The van der Waals surface area contributed by atoms with Gasteiger partial charge >= 0.3 is 5.91 Å². The van der Waals surface area contributed by atoms with Gasteiger partial charge in [0.2, 0.25) is 5.88 Å². The van der Waals surface area contributed by atoms with E-state index in [4.69, 9.17) is 0 Å². The van der Waals surface area contributed by atoms with Crippen molar-refractivity contribution in [2.45, 2.75) is 26.8 Å². The Labute approximate surface area is 157 Å². The van der Waals surface area contributed by atoms with Crippen molar-refractivity contribution in [1.82, 2.24) is 14.7 Å². The number of hydrogen-bond acceptors (Lipinski definition) is 5. The lowest BCUT2D eigenvalue weighted by Gasteiger charge is -2.26. The van der Waals surface area contributed by atoms with Crippen LogP contribution >= 0.6 is 0 Å². The Hall–Kier alpha value is -3.06. The molecule has 0 spiro atoms. The van der Waals surface area contributed by atoms with Crippen LogP contribution in [0.2, 0.25) is 0 Å². The van der Waals surface area contributed by atoms with E-state index >= 15 is 0 Å². The predicted molar refractivity (Wildman–Crippen MR) is 103 cm³/mol. The number of fused-ring (bicyclic) bond motifs is 1. The van der Waals surface area contributed by atoms with Gasteiger partial charge in [-0.25, -0.2) is 4.68 Å². The van der Waals surface area contributed by atoms with E-state index < -0.39 is 5.91 Å². The third kappa shape index (κ3) is 3.88. The Morgan fingerprint density at radius 1 is 1.30 bits per heavy atom. The Morgan fingerprint density at radius 3 is 2.67 bits per heavy atom. The summed E-state index contributed by atoms with van der Waals surface area (Å²) in [6.45, 7) is 6.38. The number of hydrogen-bond donors (Lipinski definition) is 1. The molecule has 0 saturated heterocycles. The molecule has 7 nitrogen and oxygen atoms in total. The maximum Gasteiger partial charge on any atom is 0.316 e. The number of amides is 1. The summed E-state index contributed by atoms with van der Waals surface area (Å²) in [5, 5.41) is 17.5. The number of carbonyl (C=O) groups excluding carboxylic acids is 1. The third-order valence-corrected chi connectivity index (χ3v) is 4.69. The molecule has 0 atom stereocenters. The number of allylic oxidation sites excluding steroid dienone is 2. The zero-order valence-electron chi connectivity index (χ0n) is 15.4. The fourth-order valence-electron chi connectivity index (χ4n) is 3.25. The van der Waals surface area contributed by atoms with Crippen molar-refractivity contribution in [3.8, 4) is 11.6 Å². The van der Waals surface area contributed by atoms with E-state index in [2.05, 4.69) is 27.3 Å². The molecule has 0 aliphatic carbocycles. The molecule has 7 heteroatoms. The van der Waals surface area contributed by atoms with Gasteiger partial charge in [-0.2, -0.15) is 5.10 Å². The van der Waals surface area contributed by atoms with Crippen molar-refractivity contribution in [3.05, 3.63) is 69.8 Å². The first kappa shape index (κ1) is 18.7. The molecule has 1 aromatic heterocycles. The first-order valence-electron chi connectivity index (χ1n) is 8.85. The number of nitrogens with zero attached hydrogens (tertiary/aromatic N) is 4. The maximum atomic E-state index is 11.3. The van der Waals surface area contributed by atoms with Crippen molar-refractivity contribution in [1.29, 1.82) is 0 Å². The molecule has 1 N–H and O–H groups in total. The second kappa shape index (κ2) is 8.09. The number of aromatic nitrogens is 2. The van der Waals surface area contributed by atoms with Gasteiger partial charge in [0.05, 0.1) is 11.4 Å². The van der Waals surface area contributed by atoms with E-state index in [0.29, 0.717) is 12.2 Å². The highest BCUT2D eigenvalue weighted by atomic mass is 16.3. The van der Waals surface area contributed by atoms with E-state index in [-0.39, 0.29) is 11.4 Å². The standard InChI is InChI=1S/C20H22N4O3/c1-3-5-14(4-2)12-23-11-10-17-18(13-23)21-24(20(17)26)16-8-6-15(7-9-16)19(25)22-27/h3-9,26H,10-13H2,1-2H3/b5-3-,14-4+. The van der Waals surface area contributed by atoms with E-state index in [1.165, 1.54) is 22.4 Å². The van der Waals surface area contributed by atoms with Crippen LogP contribution in [0.3, 0.4) is 0 Å². The predicted octanol–water partition coefficient (Wildman–Crippen LogP) is 3.37. The monoisotopic (exact) mass is 366 g/mol. The highest BCUT2D eigenvalue weighted by Gasteiger charge is 2.25. The highest BCUT2D eigenvalue weighted by molar-refractivity contribution is 5.94. The van der Waals surface area contributed by atoms with Gasteiger partial charge in [-0.1, -0.05) is 18.2 Å². The third-order valence-electron chi connectivity index (χ3n) is 4.69. The van der Waals surface area contributed by atoms with Gasteiger partial charge in [0.25, 0.3) is 0 Å². The summed E-state index contributed by atoms with van der Waals surface area (Å²) in [6.07, 6.45) is 6.95. The van der Waals surface area contributed by atoms with Crippen LogP contribution in [0.5, 0.6) is 5.88 Å². The molecule has 0 unspecified atom stereocenters. The lowest BCUT2D eigenvalue weighted by molar-refractivity contribution is 0.100. The number of carbonyl (C=O) groups is 1. The van der Waals surface area contributed by atoms with Crippen LogP contribution in [0, 0.1) is 4.91 Å². The van der Waals surface area contributed by atoms with Crippen LogP contribution < -0.4 is 0 Å². The molecule has 0 bridgehead atoms. The van der Waals surface area contributed by atoms with E-state index in [1.807, 2.05) is 19.9 Å². The molecule has 2 aromatic rings. The summed E-state index contributed by atoms with van der Waals surface area (Å²) in [5.74, 6) is -0.695. The number of rotatable bonds is 5. The average Bonchev–Trinajstić information content (AvgIpc) is 3.03. The highest BCUT2D eigenvalue weighted by Crippen LogP contribution is 2.29. The Kier molecular flexibility index (Phi) is 5.61. The van der Waals surface area contributed by atoms with Crippen LogP contribution in [-0.2, 0) is 13.0 Å². The Bertz CT molecular complexity index is 910. The molecule has 0 radical (unpaired) electrons. The van der Waals surface area contributed by atoms with Crippen molar-refractivity contribution in [2.75, 3.05) is 13.1 Å². The van der Waals surface area contributed by atoms with Crippen LogP contribution in [0.15, 0.2) is 53.2 Å². The van der Waals surface area contributed by atoms with Crippen LogP contribution in [-0.4, -0.2) is 38.8 Å². The molecule has 1 aliphatic rings. The summed E-state index contributed by atoms with van der Waals surface area (Å²) < 4.78 is 1.47. The van der Waals surface area contributed by atoms with Gasteiger partial charge in [0.15, 0.2) is 0 Å². The molecular weight excluding hydrogens is 344 g/mol. The number of nitroso groups, excluding NO2 is 1. The van der Waals surface area contributed by atoms with Crippen molar-refractivity contribution < 1.29 is 9.90 Å². The first-order chi connectivity index (χ1) is 13.1. The van der Waals surface area contributed by atoms with Gasteiger partial charge in [0.1, 0.15) is 0 Å². The molecule has 27 heavy (non-hydrogen) atoms. The normalized spacial score (nSPS) is 15.1. The molecule has 0 saturated carbocycles. The SMILES string of the molecule is C/C=C\C(=C/C)CN1CCc2c(nn(-c3ccc(C(=O)N=O)cc3)c2O)C1.